The maximum atomic E-state index is 13.7. The molecule has 2 aromatic rings. The number of hydrogen-bond donors (Lipinski definition) is 0. The van der Waals surface area contributed by atoms with E-state index in [0.29, 0.717) is 22.8 Å². The summed E-state index contributed by atoms with van der Waals surface area (Å²) in [5, 5.41) is 8.68. The first-order chi connectivity index (χ1) is 9.63. The fourth-order valence-electron chi connectivity index (χ4n) is 1.64. The Kier molecular flexibility index (Phi) is 4.99. The fraction of sp³-hybridized carbons (Fsp3) is 0.133. The molecule has 5 heteroatoms. The molecule has 0 aliphatic heterocycles. The predicted octanol–water partition coefficient (Wildman–Crippen LogP) is 4.78. The van der Waals surface area contributed by atoms with Crippen LogP contribution in [0.25, 0.3) is 0 Å². The molecule has 102 valence electrons. The lowest BCUT2D eigenvalue weighted by Gasteiger charge is -2.09. The SMILES string of the molecule is N#Cc1ccc(COc2ccc(Br)c(CCl)c2)c(F)c1. The first-order valence-corrected chi connectivity index (χ1v) is 7.12. The number of nitriles is 1. The van der Waals surface area contributed by atoms with Crippen LogP contribution in [0.15, 0.2) is 40.9 Å². The minimum atomic E-state index is -0.446. The van der Waals surface area contributed by atoms with Crippen molar-refractivity contribution in [2.75, 3.05) is 0 Å². The van der Waals surface area contributed by atoms with E-state index in [9.17, 15) is 4.39 Å². The molecular formula is C15H10BrClFNO. The van der Waals surface area contributed by atoms with Gasteiger partial charge < -0.3 is 4.74 Å². The van der Waals surface area contributed by atoms with Crippen molar-refractivity contribution in [2.45, 2.75) is 12.5 Å². The highest BCUT2D eigenvalue weighted by Gasteiger charge is 2.06. The zero-order valence-corrected chi connectivity index (χ0v) is 12.7. The molecule has 0 spiro atoms. The van der Waals surface area contributed by atoms with E-state index in [1.807, 2.05) is 12.1 Å². The van der Waals surface area contributed by atoms with Crippen molar-refractivity contribution in [2.24, 2.45) is 0 Å². The number of benzene rings is 2. The topological polar surface area (TPSA) is 33.0 Å². The maximum absolute atomic E-state index is 13.7. The highest BCUT2D eigenvalue weighted by Crippen LogP contribution is 2.25. The number of nitrogens with zero attached hydrogens (tertiary/aromatic N) is 1. The summed E-state index contributed by atoms with van der Waals surface area (Å²) < 4.78 is 20.1. The van der Waals surface area contributed by atoms with Crippen molar-refractivity contribution < 1.29 is 9.13 Å². The normalized spacial score (nSPS) is 10.1. The summed E-state index contributed by atoms with van der Waals surface area (Å²) in [5.74, 6) is 0.537. The number of halogens is 3. The summed E-state index contributed by atoms with van der Waals surface area (Å²) in [6.07, 6.45) is 0. The molecule has 0 aromatic heterocycles. The van der Waals surface area contributed by atoms with Gasteiger partial charge in [-0.15, -0.1) is 11.6 Å². The molecule has 0 fully saturated rings. The van der Waals surface area contributed by atoms with E-state index in [2.05, 4.69) is 15.9 Å². The minimum Gasteiger partial charge on any atom is -0.489 e. The Balaban J connectivity index is 2.11. The van der Waals surface area contributed by atoms with Gasteiger partial charge in [-0.2, -0.15) is 5.26 Å². The zero-order chi connectivity index (χ0) is 14.5. The van der Waals surface area contributed by atoms with Gasteiger partial charge in [0.1, 0.15) is 18.2 Å². The van der Waals surface area contributed by atoms with E-state index in [1.165, 1.54) is 6.07 Å². The molecule has 20 heavy (non-hydrogen) atoms. The summed E-state index contributed by atoms with van der Waals surface area (Å²) in [6, 6.07) is 11.6. The van der Waals surface area contributed by atoms with Gasteiger partial charge >= 0.3 is 0 Å². The summed E-state index contributed by atoms with van der Waals surface area (Å²) >= 11 is 9.19. The first-order valence-electron chi connectivity index (χ1n) is 5.79. The van der Waals surface area contributed by atoms with Crippen LogP contribution in [0.1, 0.15) is 16.7 Å². The molecule has 2 rings (SSSR count). The molecule has 0 saturated heterocycles. The molecule has 0 aliphatic rings. The summed E-state index contributed by atoms with van der Waals surface area (Å²) in [7, 11) is 0. The lowest BCUT2D eigenvalue weighted by atomic mass is 10.1. The zero-order valence-electron chi connectivity index (χ0n) is 10.4. The third kappa shape index (κ3) is 3.50. The van der Waals surface area contributed by atoms with Gasteiger partial charge in [-0.1, -0.05) is 22.0 Å². The summed E-state index contributed by atoms with van der Waals surface area (Å²) in [5.41, 5.74) is 1.60. The van der Waals surface area contributed by atoms with E-state index in [0.717, 1.165) is 10.0 Å². The summed E-state index contributed by atoms with van der Waals surface area (Å²) in [6.45, 7) is 0.0981. The van der Waals surface area contributed by atoms with Gasteiger partial charge in [0.05, 0.1) is 11.6 Å². The molecule has 0 aliphatic carbocycles. The predicted molar refractivity (Wildman–Crippen MR) is 79.1 cm³/mol. The molecule has 0 saturated carbocycles. The highest BCUT2D eigenvalue weighted by molar-refractivity contribution is 9.10. The van der Waals surface area contributed by atoms with Gasteiger partial charge in [0.2, 0.25) is 0 Å². The second-order valence-corrected chi connectivity index (χ2v) is 5.22. The van der Waals surface area contributed by atoms with Gasteiger partial charge in [0, 0.05) is 15.9 Å². The van der Waals surface area contributed by atoms with Gasteiger partial charge in [-0.3, -0.25) is 0 Å². The van der Waals surface area contributed by atoms with Crippen LogP contribution in [0.5, 0.6) is 5.75 Å². The second-order valence-electron chi connectivity index (χ2n) is 4.09. The Labute approximate surface area is 129 Å². The van der Waals surface area contributed by atoms with Crippen LogP contribution < -0.4 is 4.74 Å². The van der Waals surface area contributed by atoms with Crippen molar-refractivity contribution in [3.63, 3.8) is 0 Å². The third-order valence-corrected chi connectivity index (χ3v) is 3.80. The molecule has 0 bridgehead atoms. The van der Waals surface area contributed by atoms with Crippen molar-refractivity contribution in [1.82, 2.24) is 0 Å². The van der Waals surface area contributed by atoms with E-state index < -0.39 is 5.82 Å². The lowest BCUT2D eigenvalue weighted by Crippen LogP contribution is -1.99. The maximum Gasteiger partial charge on any atom is 0.131 e. The molecule has 2 nitrogen and oxygen atoms in total. The lowest BCUT2D eigenvalue weighted by molar-refractivity contribution is 0.299. The number of ether oxygens (including phenoxy) is 1. The second kappa shape index (κ2) is 6.74. The highest BCUT2D eigenvalue weighted by atomic mass is 79.9. The molecule has 0 heterocycles. The van der Waals surface area contributed by atoms with Crippen molar-refractivity contribution in [3.8, 4) is 11.8 Å². The molecular weight excluding hydrogens is 345 g/mol. The van der Waals surface area contributed by atoms with Crippen LogP contribution in [0, 0.1) is 17.1 Å². The van der Waals surface area contributed by atoms with E-state index >= 15 is 0 Å². The molecule has 0 atom stereocenters. The van der Waals surface area contributed by atoms with Crippen LogP contribution in [0.3, 0.4) is 0 Å². The van der Waals surface area contributed by atoms with Crippen LogP contribution in [-0.4, -0.2) is 0 Å². The third-order valence-electron chi connectivity index (χ3n) is 2.74. The monoisotopic (exact) mass is 353 g/mol. The average Bonchev–Trinajstić information content (AvgIpc) is 2.47. The summed E-state index contributed by atoms with van der Waals surface area (Å²) in [4.78, 5) is 0. The van der Waals surface area contributed by atoms with Crippen molar-refractivity contribution >= 4 is 27.5 Å². The first kappa shape index (κ1) is 14.8. The Bertz CT molecular complexity index is 669. The number of rotatable bonds is 4. The van der Waals surface area contributed by atoms with Gasteiger partial charge in [0.25, 0.3) is 0 Å². The van der Waals surface area contributed by atoms with Crippen molar-refractivity contribution in [3.05, 3.63) is 63.4 Å². The number of alkyl halides is 1. The Morgan fingerprint density at radius 2 is 2.00 bits per heavy atom. The largest absolute Gasteiger partial charge is 0.489 e. The molecule has 0 radical (unpaired) electrons. The average molecular weight is 355 g/mol. The Morgan fingerprint density at radius 1 is 1.20 bits per heavy atom. The Morgan fingerprint density at radius 3 is 2.65 bits per heavy atom. The minimum absolute atomic E-state index is 0.0981. The number of hydrogen-bond acceptors (Lipinski definition) is 2. The van der Waals surface area contributed by atoms with E-state index in [-0.39, 0.29) is 6.61 Å². The Hall–Kier alpha value is -1.57. The fourth-order valence-corrected chi connectivity index (χ4v) is 2.41. The van der Waals surface area contributed by atoms with Crippen LogP contribution in [0.2, 0.25) is 0 Å². The van der Waals surface area contributed by atoms with Gasteiger partial charge in [-0.05, 0) is 35.9 Å². The van der Waals surface area contributed by atoms with E-state index in [4.69, 9.17) is 21.6 Å². The van der Waals surface area contributed by atoms with Crippen molar-refractivity contribution in [1.29, 1.82) is 5.26 Å². The molecule has 0 N–H and O–H groups in total. The molecule has 2 aromatic carbocycles. The van der Waals surface area contributed by atoms with Gasteiger partial charge in [0.15, 0.2) is 0 Å². The molecule has 0 amide bonds. The van der Waals surface area contributed by atoms with Crippen LogP contribution in [0.4, 0.5) is 4.39 Å². The van der Waals surface area contributed by atoms with Crippen LogP contribution >= 0.6 is 27.5 Å². The quantitative estimate of drug-likeness (QED) is 0.740. The van der Waals surface area contributed by atoms with Gasteiger partial charge in [-0.25, -0.2) is 4.39 Å². The van der Waals surface area contributed by atoms with Crippen LogP contribution in [-0.2, 0) is 12.5 Å². The smallest absolute Gasteiger partial charge is 0.131 e. The molecule has 0 unspecified atom stereocenters. The van der Waals surface area contributed by atoms with E-state index in [1.54, 1.807) is 24.3 Å². The standard InChI is InChI=1S/C15H10BrClFNO/c16-14-4-3-13(6-12(14)7-17)20-9-11-2-1-10(8-19)5-15(11)18/h1-6H,7,9H2.